The van der Waals surface area contributed by atoms with Gasteiger partial charge in [-0.3, -0.25) is 4.79 Å². The topological polar surface area (TPSA) is 89.9 Å². The third-order valence-electron chi connectivity index (χ3n) is 6.96. The minimum absolute atomic E-state index is 0.00225. The van der Waals surface area contributed by atoms with Gasteiger partial charge in [0.15, 0.2) is 5.78 Å². The van der Waals surface area contributed by atoms with E-state index in [1.54, 1.807) is 6.08 Å². The average molecular weight is 358 g/mol. The Balaban J connectivity index is 2.11. The molecule has 6 nitrogen and oxygen atoms in total. The van der Waals surface area contributed by atoms with Crippen molar-refractivity contribution >= 4 is 17.7 Å². The molecular formula is C20H22O6. The molecule has 0 radical (unpaired) electrons. The Morgan fingerprint density at radius 1 is 1.15 bits per heavy atom. The molecule has 1 saturated carbocycles. The molecular weight excluding hydrogens is 336 g/mol. The van der Waals surface area contributed by atoms with Gasteiger partial charge in [-0.15, -0.1) is 0 Å². The van der Waals surface area contributed by atoms with Crippen molar-refractivity contribution in [2.45, 2.75) is 39.2 Å². The van der Waals surface area contributed by atoms with Gasteiger partial charge in [0.05, 0.1) is 25.4 Å². The number of carbonyl (C=O) groups is 3. The van der Waals surface area contributed by atoms with Crippen molar-refractivity contribution in [3.8, 4) is 0 Å². The number of rotatable bonds is 2. The molecule has 138 valence electrons. The minimum atomic E-state index is -1.61. The summed E-state index contributed by atoms with van der Waals surface area (Å²) in [6.45, 7) is 5.27. The second kappa shape index (κ2) is 4.74. The molecule has 0 aliphatic heterocycles. The molecule has 3 unspecified atom stereocenters. The first-order chi connectivity index (χ1) is 12.1. The Morgan fingerprint density at radius 2 is 1.73 bits per heavy atom. The summed E-state index contributed by atoms with van der Waals surface area (Å²) in [5.41, 5.74) is -1.04. The number of ether oxygens (including phenoxy) is 2. The number of aliphatic hydroxyl groups is 1. The van der Waals surface area contributed by atoms with Crippen molar-refractivity contribution in [3.05, 3.63) is 33.9 Å². The standard InChI is InChI=1S/C20H22O6/c1-9-8-20-13(10(2)19(6-7-19)18(3,24)17(20)23)11(9)12(15(21)25-4)14(20)16(22)26-5/h8,11,24H,6-7H2,1-5H3. The second-order valence-corrected chi connectivity index (χ2v) is 7.92. The summed E-state index contributed by atoms with van der Waals surface area (Å²) < 4.78 is 9.84. The van der Waals surface area contributed by atoms with Crippen LogP contribution in [0.1, 0.15) is 33.6 Å². The molecule has 3 atom stereocenters. The van der Waals surface area contributed by atoms with Gasteiger partial charge in [0, 0.05) is 11.3 Å². The number of allylic oxidation sites excluding steroid dienone is 3. The van der Waals surface area contributed by atoms with Gasteiger partial charge in [-0.2, -0.15) is 0 Å². The lowest BCUT2D eigenvalue weighted by atomic mass is 9.58. The van der Waals surface area contributed by atoms with Crippen LogP contribution < -0.4 is 0 Å². The summed E-state index contributed by atoms with van der Waals surface area (Å²) in [6.07, 6.45) is 3.15. The van der Waals surface area contributed by atoms with Crippen LogP contribution in [0.2, 0.25) is 0 Å². The van der Waals surface area contributed by atoms with Crippen LogP contribution in [0.15, 0.2) is 33.9 Å². The van der Waals surface area contributed by atoms with E-state index in [0.29, 0.717) is 12.8 Å². The molecule has 0 amide bonds. The van der Waals surface area contributed by atoms with Crippen molar-refractivity contribution in [1.29, 1.82) is 0 Å². The number of hydrogen-bond donors (Lipinski definition) is 1. The molecule has 4 aliphatic carbocycles. The highest BCUT2D eigenvalue weighted by atomic mass is 16.5. The number of hydrogen-bond acceptors (Lipinski definition) is 6. The summed E-state index contributed by atoms with van der Waals surface area (Å²) in [6, 6.07) is 0. The molecule has 1 N–H and O–H groups in total. The summed E-state index contributed by atoms with van der Waals surface area (Å²) in [5, 5.41) is 11.2. The van der Waals surface area contributed by atoms with E-state index in [2.05, 4.69) is 0 Å². The summed E-state index contributed by atoms with van der Waals surface area (Å²) in [4.78, 5) is 38.8. The Morgan fingerprint density at radius 3 is 2.23 bits per heavy atom. The van der Waals surface area contributed by atoms with E-state index in [9.17, 15) is 19.5 Å². The highest BCUT2D eigenvalue weighted by Gasteiger charge is 2.75. The predicted octanol–water partition coefficient (Wildman–Crippen LogP) is 1.64. The van der Waals surface area contributed by atoms with E-state index in [4.69, 9.17) is 9.47 Å². The van der Waals surface area contributed by atoms with E-state index in [1.807, 2.05) is 13.8 Å². The summed E-state index contributed by atoms with van der Waals surface area (Å²) >= 11 is 0. The summed E-state index contributed by atoms with van der Waals surface area (Å²) in [5.74, 6) is -2.31. The molecule has 0 aromatic carbocycles. The van der Waals surface area contributed by atoms with Crippen LogP contribution >= 0.6 is 0 Å². The molecule has 1 spiro atoms. The maximum Gasteiger partial charge on any atom is 0.336 e. The van der Waals surface area contributed by atoms with Gasteiger partial charge >= 0.3 is 11.9 Å². The first kappa shape index (κ1) is 17.2. The van der Waals surface area contributed by atoms with E-state index in [1.165, 1.54) is 21.1 Å². The van der Waals surface area contributed by atoms with Crippen LogP contribution in [-0.2, 0) is 23.9 Å². The Bertz CT molecular complexity index is 880. The van der Waals surface area contributed by atoms with Crippen molar-refractivity contribution < 1.29 is 29.0 Å². The Hall–Kier alpha value is -2.21. The highest BCUT2D eigenvalue weighted by Crippen LogP contribution is 2.73. The molecule has 1 fully saturated rings. The maximum atomic E-state index is 13.6. The van der Waals surface area contributed by atoms with Crippen LogP contribution in [0, 0.1) is 16.7 Å². The maximum absolute atomic E-state index is 13.6. The van der Waals surface area contributed by atoms with Crippen molar-refractivity contribution in [3.63, 3.8) is 0 Å². The van der Waals surface area contributed by atoms with Gasteiger partial charge in [0.2, 0.25) is 0 Å². The van der Waals surface area contributed by atoms with Gasteiger partial charge in [0.25, 0.3) is 0 Å². The van der Waals surface area contributed by atoms with Gasteiger partial charge < -0.3 is 14.6 Å². The largest absolute Gasteiger partial charge is 0.466 e. The third kappa shape index (κ3) is 1.52. The number of carbonyl (C=O) groups excluding carboxylic acids is 3. The molecule has 26 heavy (non-hydrogen) atoms. The fourth-order valence-electron chi connectivity index (χ4n) is 5.62. The Kier molecular flexibility index (Phi) is 3.14. The number of methoxy groups -OCH3 is 2. The van der Waals surface area contributed by atoms with Crippen LogP contribution in [0.3, 0.4) is 0 Å². The molecule has 0 aromatic rings. The fraction of sp³-hybridized carbons (Fsp3) is 0.550. The van der Waals surface area contributed by atoms with E-state index < -0.39 is 40.1 Å². The zero-order chi connectivity index (χ0) is 19.2. The zero-order valence-electron chi connectivity index (χ0n) is 15.6. The normalized spacial score (nSPS) is 36.3. The van der Waals surface area contributed by atoms with Gasteiger partial charge in [0.1, 0.15) is 11.0 Å². The SMILES string of the molecule is COC(=O)C1=C(C(=O)OC)C23C=C(C)C1C2=C(C)C1(CC1)C(C)(O)C3=O. The van der Waals surface area contributed by atoms with E-state index in [-0.39, 0.29) is 11.1 Å². The lowest BCUT2D eigenvalue weighted by Gasteiger charge is -2.45. The average Bonchev–Trinajstić information content (AvgIpc) is 3.31. The first-order valence-corrected chi connectivity index (χ1v) is 8.71. The van der Waals surface area contributed by atoms with Crippen molar-refractivity contribution in [2.75, 3.05) is 14.2 Å². The van der Waals surface area contributed by atoms with Gasteiger partial charge in [-0.05, 0) is 39.2 Å². The molecule has 0 aromatic heterocycles. The van der Waals surface area contributed by atoms with E-state index in [0.717, 1.165) is 16.7 Å². The van der Waals surface area contributed by atoms with Crippen molar-refractivity contribution in [1.82, 2.24) is 0 Å². The first-order valence-electron chi connectivity index (χ1n) is 8.71. The fourth-order valence-corrected chi connectivity index (χ4v) is 5.62. The minimum Gasteiger partial charge on any atom is -0.466 e. The molecule has 6 heteroatoms. The second-order valence-electron chi connectivity index (χ2n) is 7.92. The molecule has 0 heterocycles. The molecule has 2 bridgehead atoms. The lowest BCUT2D eigenvalue weighted by Crippen LogP contribution is -2.57. The van der Waals surface area contributed by atoms with Crippen LogP contribution in [0.25, 0.3) is 0 Å². The number of esters is 2. The van der Waals surface area contributed by atoms with Crippen LogP contribution in [-0.4, -0.2) is 42.6 Å². The van der Waals surface area contributed by atoms with Crippen LogP contribution in [0.4, 0.5) is 0 Å². The third-order valence-corrected chi connectivity index (χ3v) is 6.96. The number of ketones is 1. The zero-order valence-corrected chi connectivity index (χ0v) is 15.6. The molecule has 4 aliphatic rings. The Labute approximate surface area is 151 Å². The molecule has 4 rings (SSSR count). The van der Waals surface area contributed by atoms with E-state index >= 15 is 0 Å². The van der Waals surface area contributed by atoms with Crippen molar-refractivity contribution in [2.24, 2.45) is 16.7 Å². The monoisotopic (exact) mass is 358 g/mol. The molecule has 0 saturated heterocycles. The van der Waals surface area contributed by atoms with Crippen LogP contribution in [0.5, 0.6) is 0 Å². The van der Waals surface area contributed by atoms with Gasteiger partial charge in [-0.25, -0.2) is 9.59 Å². The quantitative estimate of drug-likeness (QED) is 0.596. The highest BCUT2D eigenvalue weighted by molar-refractivity contribution is 6.17. The smallest absolute Gasteiger partial charge is 0.336 e. The lowest BCUT2D eigenvalue weighted by molar-refractivity contribution is -0.151. The van der Waals surface area contributed by atoms with Gasteiger partial charge in [-0.1, -0.05) is 17.2 Å². The number of Topliss-reactive ketones (excluding diaryl/α,β-unsaturated/α-hetero) is 1. The summed E-state index contributed by atoms with van der Waals surface area (Å²) in [7, 11) is 2.46. The predicted molar refractivity (Wildman–Crippen MR) is 90.7 cm³/mol.